The van der Waals surface area contributed by atoms with Crippen LogP contribution in [0.3, 0.4) is 0 Å². The van der Waals surface area contributed by atoms with Gasteiger partial charge in [-0.25, -0.2) is 9.07 Å². The van der Waals surface area contributed by atoms with Gasteiger partial charge in [0.2, 0.25) is 0 Å². The molecular weight excluding hydrogens is 255 g/mol. The Morgan fingerprint density at radius 3 is 2.56 bits per heavy atom. The van der Waals surface area contributed by atoms with Crippen LogP contribution in [0.2, 0.25) is 0 Å². The van der Waals surface area contributed by atoms with E-state index in [9.17, 15) is 14.6 Å². The molecule has 0 radical (unpaired) electrons. The molecule has 6 heteroatoms. The molecule has 4 nitrogen and oxygen atoms in total. The zero-order valence-electron chi connectivity index (χ0n) is 9.44. The van der Waals surface area contributed by atoms with Crippen molar-refractivity contribution in [1.82, 2.24) is 9.78 Å². The Morgan fingerprint density at radius 2 is 1.94 bits per heavy atom. The van der Waals surface area contributed by atoms with Crippen molar-refractivity contribution in [3.05, 3.63) is 48.0 Å². The summed E-state index contributed by atoms with van der Waals surface area (Å²) in [7, 11) is 0. The van der Waals surface area contributed by atoms with E-state index in [2.05, 4.69) is 17.7 Å². The first kappa shape index (κ1) is 13.1. The molecule has 0 saturated carbocycles. The molecule has 0 bridgehead atoms. The summed E-state index contributed by atoms with van der Waals surface area (Å²) in [5, 5.41) is 23.3. The molecule has 0 amide bonds. The predicted octanol–water partition coefficient (Wildman–Crippen LogP) is 1.34. The predicted molar refractivity (Wildman–Crippen MR) is 68.3 cm³/mol. The number of rotatable bonds is 4. The quantitative estimate of drug-likeness (QED) is 0.733. The average Bonchev–Trinajstić information content (AvgIpc) is 2.87. The van der Waals surface area contributed by atoms with Crippen LogP contribution in [0.15, 0.2) is 36.7 Å². The lowest BCUT2D eigenvalue weighted by Gasteiger charge is -2.13. The Bertz CT molecular complexity index is 515. The van der Waals surface area contributed by atoms with Crippen molar-refractivity contribution in [2.75, 3.05) is 5.75 Å². The summed E-state index contributed by atoms with van der Waals surface area (Å²) < 4.78 is 14.3. The second-order valence-corrected chi connectivity index (χ2v) is 4.25. The van der Waals surface area contributed by atoms with E-state index in [0.717, 1.165) is 0 Å². The zero-order valence-corrected chi connectivity index (χ0v) is 10.3. The van der Waals surface area contributed by atoms with Crippen LogP contribution < -0.4 is 0 Å². The maximum absolute atomic E-state index is 12.8. The van der Waals surface area contributed by atoms with Crippen molar-refractivity contribution in [2.45, 2.75) is 12.2 Å². The Kier molecular flexibility index (Phi) is 4.00. The second-order valence-electron chi connectivity index (χ2n) is 3.89. The number of aromatic nitrogens is 2. The topological polar surface area (TPSA) is 58.3 Å². The van der Waals surface area contributed by atoms with Gasteiger partial charge in [0.1, 0.15) is 11.9 Å². The van der Waals surface area contributed by atoms with Crippen LogP contribution in [0.25, 0.3) is 5.69 Å². The van der Waals surface area contributed by atoms with Gasteiger partial charge in [0, 0.05) is 17.5 Å². The molecule has 0 saturated heterocycles. The zero-order chi connectivity index (χ0) is 13.1. The first-order valence-corrected chi connectivity index (χ1v) is 6.02. The second kappa shape index (κ2) is 5.51. The number of aliphatic hydroxyl groups is 2. The maximum atomic E-state index is 12.8. The van der Waals surface area contributed by atoms with Crippen molar-refractivity contribution < 1.29 is 14.6 Å². The number of halogens is 1. The third-order valence-electron chi connectivity index (χ3n) is 2.59. The van der Waals surface area contributed by atoms with Crippen molar-refractivity contribution in [1.29, 1.82) is 0 Å². The Labute approximate surface area is 109 Å². The molecule has 0 aliphatic carbocycles. The standard InChI is InChI=1S/C12H13FN2O2S/c13-9-1-3-10(4-2-9)15-6-8(5-14-15)12(17)11(16)7-18/h1-6,11-12,16-18H,7H2. The number of nitrogens with zero attached hydrogens (tertiary/aromatic N) is 2. The molecule has 2 aromatic rings. The van der Waals surface area contributed by atoms with E-state index >= 15 is 0 Å². The molecule has 96 valence electrons. The molecule has 2 rings (SSSR count). The third kappa shape index (κ3) is 2.72. The summed E-state index contributed by atoms with van der Waals surface area (Å²) in [6.45, 7) is 0. The van der Waals surface area contributed by atoms with E-state index < -0.39 is 12.2 Å². The minimum atomic E-state index is -1.03. The van der Waals surface area contributed by atoms with Gasteiger partial charge < -0.3 is 10.2 Å². The fraction of sp³-hybridized carbons (Fsp3) is 0.250. The van der Waals surface area contributed by atoms with Crippen molar-refractivity contribution in [3.63, 3.8) is 0 Å². The van der Waals surface area contributed by atoms with E-state index in [-0.39, 0.29) is 11.6 Å². The minimum absolute atomic E-state index is 0.156. The molecule has 1 aromatic heterocycles. The first-order chi connectivity index (χ1) is 8.61. The fourth-order valence-corrected chi connectivity index (χ4v) is 1.75. The number of hydrogen-bond acceptors (Lipinski definition) is 4. The highest BCUT2D eigenvalue weighted by Gasteiger charge is 2.18. The van der Waals surface area contributed by atoms with E-state index in [1.54, 1.807) is 18.3 Å². The lowest BCUT2D eigenvalue weighted by molar-refractivity contribution is 0.0337. The molecular formula is C12H13FN2O2S. The van der Waals surface area contributed by atoms with Gasteiger partial charge in [-0.3, -0.25) is 0 Å². The van der Waals surface area contributed by atoms with Crippen LogP contribution in [0.4, 0.5) is 4.39 Å². The molecule has 0 aliphatic rings. The Hall–Kier alpha value is -1.37. The molecule has 2 unspecified atom stereocenters. The number of thiol groups is 1. The van der Waals surface area contributed by atoms with Crippen LogP contribution >= 0.6 is 12.6 Å². The number of aliphatic hydroxyl groups excluding tert-OH is 2. The van der Waals surface area contributed by atoms with Crippen molar-refractivity contribution in [3.8, 4) is 5.69 Å². The van der Waals surface area contributed by atoms with Crippen LogP contribution in [-0.4, -0.2) is 31.9 Å². The lowest BCUT2D eigenvalue weighted by atomic mass is 10.1. The molecule has 1 heterocycles. The highest BCUT2D eigenvalue weighted by molar-refractivity contribution is 7.80. The van der Waals surface area contributed by atoms with E-state index in [1.807, 2.05) is 0 Å². The highest BCUT2D eigenvalue weighted by atomic mass is 32.1. The summed E-state index contributed by atoms with van der Waals surface area (Å²) in [6, 6.07) is 5.81. The van der Waals surface area contributed by atoms with Gasteiger partial charge in [0.15, 0.2) is 0 Å². The summed E-state index contributed by atoms with van der Waals surface area (Å²) in [5.74, 6) is -0.167. The average molecular weight is 268 g/mol. The van der Waals surface area contributed by atoms with Crippen molar-refractivity contribution >= 4 is 12.6 Å². The molecule has 2 N–H and O–H groups in total. The SMILES string of the molecule is OC(CS)C(O)c1cnn(-c2ccc(F)cc2)c1. The fourth-order valence-electron chi connectivity index (χ4n) is 1.55. The largest absolute Gasteiger partial charge is 0.389 e. The van der Waals surface area contributed by atoms with Crippen LogP contribution in [0, 0.1) is 5.82 Å². The third-order valence-corrected chi connectivity index (χ3v) is 2.96. The summed E-state index contributed by atoms with van der Waals surface area (Å²) in [4.78, 5) is 0. The van der Waals surface area contributed by atoms with Gasteiger partial charge in [0.05, 0.1) is 18.0 Å². The molecule has 2 atom stereocenters. The molecule has 18 heavy (non-hydrogen) atoms. The van der Waals surface area contributed by atoms with Crippen LogP contribution in [0.5, 0.6) is 0 Å². The summed E-state index contributed by atoms with van der Waals surface area (Å²) >= 11 is 3.91. The van der Waals surface area contributed by atoms with E-state index in [0.29, 0.717) is 11.3 Å². The molecule has 1 aromatic carbocycles. The Balaban J connectivity index is 2.22. The van der Waals surface area contributed by atoms with Gasteiger partial charge in [0.25, 0.3) is 0 Å². The van der Waals surface area contributed by atoms with Gasteiger partial charge in [-0.1, -0.05) is 0 Å². The van der Waals surface area contributed by atoms with Gasteiger partial charge in [-0.05, 0) is 24.3 Å². The van der Waals surface area contributed by atoms with Crippen LogP contribution in [0.1, 0.15) is 11.7 Å². The maximum Gasteiger partial charge on any atom is 0.123 e. The number of hydrogen-bond donors (Lipinski definition) is 3. The normalized spacial score (nSPS) is 14.4. The first-order valence-electron chi connectivity index (χ1n) is 5.39. The number of benzene rings is 1. The smallest absolute Gasteiger partial charge is 0.123 e. The van der Waals surface area contributed by atoms with Gasteiger partial charge >= 0.3 is 0 Å². The highest BCUT2D eigenvalue weighted by Crippen LogP contribution is 2.18. The van der Waals surface area contributed by atoms with Crippen LogP contribution in [-0.2, 0) is 0 Å². The molecule has 0 aliphatic heterocycles. The molecule has 0 fully saturated rings. The van der Waals surface area contributed by atoms with Gasteiger partial charge in [-0.2, -0.15) is 17.7 Å². The molecule has 0 spiro atoms. The Morgan fingerprint density at radius 1 is 1.28 bits per heavy atom. The monoisotopic (exact) mass is 268 g/mol. The minimum Gasteiger partial charge on any atom is -0.389 e. The van der Waals surface area contributed by atoms with E-state index in [4.69, 9.17) is 0 Å². The van der Waals surface area contributed by atoms with Crippen molar-refractivity contribution in [2.24, 2.45) is 0 Å². The lowest BCUT2D eigenvalue weighted by Crippen LogP contribution is -2.19. The van der Waals surface area contributed by atoms with E-state index in [1.165, 1.54) is 23.0 Å². The summed E-state index contributed by atoms with van der Waals surface area (Å²) in [6.07, 6.45) is 1.07. The van der Waals surface area contributed by atoms with Gasteiger partial charge in [-0.15, -0.1) is 0 Å². The summed E-state index contributed by atoms with van der Waals surface area (Å²) in [5.41, 5.74) is 1.16.